The van der Waals surface area contributed by atoms with E-state index in [9.17, 15) is 0 Å². The van der Waals surface area contributed by atoms with Crippen LogP contribution < -0.4 is 5.73 Å². The minimum atomic E-state index is 0.520. The van der Waals surface area contributed by atoms with Gasteiger partial charge in [0.25, 0.3) is 0 Å². The summed E-state index contributed by atoms with van der Waals surface area (Å²) in [5, 5.41) is 0. The van der Waals surface area contributed by atoms with E-state index in [0.717, 1.165) is 17.8 Å². The SMILES string of the molecule is CCC[C@H](Br)Cc1cc(N)ccn1. The van der Waals surface area contributed by atoms with Crippen molar-refractivity contribution >= 4 is 21.6 Å². The summed E-state index contributed by atoms with van der Waals surface area (Å²) in [5.41, 5.74) is 7.51. The van der Waals surface area contributed by atoms with Gasteiger partial charge in [-0.15, -0.1) is 0 Å². The first-order chi connectivity index (χ1) is 6.22. The second kappa shape index (κ2) is 5.22. The van der Waals surface area contributed by atoms with Crippen LogP contribution in [-0.2, 0) is 6.42 Å². The summed E-state index contributed by atoms with van der Waals surface area (Å²) in [6.07, 6.45) is 5.09. The second-order valence-corrected chi connectivity index (χ2v) is 4.47. The highest BCUT2D eigenvalue weighted by Gasteiger charge is 2.04. The predicted molar refractivity (Wildman–Crippen MR) is 60.0 cm³/mol. The molecule has 0 radical (unpaired) electrons. The van der Waals surface area contributed by atoms with Crippen molar-refractivity contribution in [1.29, 1.82) is 0 Å². The first-order valence-corrected chi connectivity index (χ1v) is 5.48. The molecule has 0 unspecified atom stereocenters. The summed E-state index contributed by atoms with van der Waals surface area (Å²) in [6.45, 7) is 2.18. The minimum absolute atomic E-state index is 0.520. The number of hydrogen-bond donors (Lipinski definition) is 1. The maximum absolute atomic E-state index is 5.65. The van der Waals surface area contributed by atoms with Crippen LogP contribution in [-0.4, -0.2) is 9.81 Å². The molecule has 3 heteroatoms. The molecule has 0 aliphatic rings. The maximum atomic E-state index is 5.65. The van der Waals surface area contributed by atoms with E-state index in [1.54, 1.807) is 6.20 Å². The first-order valence-electron chi connectivity index (χ1n) is 4.57. The maximum Gasteiger partial charge on any atom is 0.0435 e. The van der Waals surface area contributed by atoms with Gasteiger partial charge < -0.3 is 5.73 Å². The Balaban J connectivity index is 2.53. The Labute approximate surface area is 87.7 Å². The van der Waals surface area contributed by atoms with Gasteiger partial charge in [-0.2, -0.15) is 0 Å². The summed E-state index contributed by atoms with van der Waals surface area (Å²) in [4.78, 5) is 4.77. The van der Waals surface area contributed by atoms with Crippen molar-refractivity contribution in [3.63, 3.8) is 0 Å². The number of nitrogens with two attached hydrogens (primary N) is 1. The van der Waals surface area contributed by atoms with Crippen LogP contribution in [0.1, 0.15) is 25.5 Å². The highest BCUT2D eigenvalue weighted by atomic mass is 79.9. The van der Waals surface area contributed by atoms with Gasteiger partial charge in [0.2, 0.25) is 0 Å². The van der Waals surface area contributed by atoms with Gasteiger partial charge in [-0.1, -0.05) is 29.3 Å². The van der Waals surface area contributed by atoms with Gasteiger partial charge in [0.15, 0.2) is 0 Å². The number of hydrogen-bond acceptors (Lipinski definition) is 2. The van der Waals surface area contributed by atoms with Crippen LogP contribution in [0.3, 0.4) is 0 Å². The molecular weight excluding hydrogens is 228 g/mol. The van der Waals surface area contributed by atoms with Gasteiger partial charge in [-0.3, -0.25) is 4.98 Å². The van der Waals surface area contributed by atoms with E-state index in [4.69, 9.17) is 5.73 Å². The van der Waals surface area contributed by atoms with Gasteiger partial charge >= 0.3 is 0 Å². The number of rotatable bonds is 4. The van der Waals surface area contributed by atoms with Gasteiger partial charge in [-0.25, -0.2) is 0 Å². The molecule has 0 amide bonds. The Morgan fingerprint density at radius 3 is 3.00 bits per heavy atom. The van der Waals surface area contributed by atoms with Crippen molar-refractivity contribution in [2.24, 2.45) is 0 Å². The van der Waals surface area contributed by atoms with E-state index in [0.29, 0.717) is 4.83 Å². The monoisotopic (exact) mass is 242 g/mol. The van der Waals surface area contributed by atoms with Crippen LogP contribution >= 0.6 is 15.9 Å². The van der Waals surface area contributed by atoms with Crippen LogP contribution in [0.25, 0.3) is 0 Å². The van der Waals surface area contributed by atoms with Gasteiger partial charge in [-0.05, 0) is 18.6 Å². The zero-order valence-corrected chi connectivity index (χ0v) is 9.42. The third kappa shape index (κ3) is 3.77. The number of pyridine rings is 1. The summed E-state index contributed by atoms with van der Waals surface area (Å²) in [5.74, 6) is 0. The van der Waals surface area contributed by atoms with E-state index in [2.05, 4.69) is 27.8 Å². The van der Waals surface area contributed by atoms with Gasteiger partial charge in [0, 0.05) is 28.8 Å². The summed E-state index contributed by atoms with van der Waals surface area (Å²) >= 11 is 3.62. The van der Waals surface area contributed by atoms with Crippen LogP contribution in [0.2, 0.25) is 0 Å². The van der Waals surface area contributed by atoms with Gasteiger partial charge in [0.1, 0.15) is 0 Å². The number of aromatic nitrogens is 1. The number of halogens is 1. The van der Waals surface area contributed by atoms with Crippen LogP contribution in [0.5, 0.6) is 0 Å². The summed E-state index contributed by atoms with van der Waals surface area (Å²) < 4.78 is 0. The number of alkyl halides is 1. The zero-order chi connectivity index (χ0) is 9.68. The van der Waals surface area contributed by atoms with E-state index in [1.165, 1.54) is 12.8 Å². The molecular formula is C10H15BrN2. The first kappa shape index (κ1) is 10.5. The van der Waals surface area contributed by atoms with Crippen molar-refractivity contribution in [2.75, 3.05) is 5.73 Å². The van der Waals surface area contributed by atoms with Crippen molar-refractivity contribution in [2.45, 2.75) is 31.0 Å². The molecule has 0 aliphatic heterocycles. The molecule has 1 aromatic heterocycles. The van der Waals surface area contributed by atoms with Crippen molar-refractivity contribution in [3.8, 4) is 0 Å². The molecule has 0 bridgehead atoms. The standard InChI is InChI=1S/C10H15BrN2/c1-2-3-8(11)6-10-7-9(12)4-5-13-10/h4-5,7-8H,2-3,6H2,1H3,(H2,12,13)/t8-/m0/s1. The molecule has 13 heavy (non-hydrogen) atoms. The Kier molecular flexibility index (Phi) is 4.22. The van der Waals surface area contributed by atoms with Crippen LogP contribution in [0.4, 0.5) is 5.69 Å². The fourth-order valence-electron chi connectivity index (χ4n) is 1.25. The van der Waals surface area contributed by atoms with Crippen molar-refractivity contribution in [3.05, 3.63) is 24.0 Å². The highest BCUT2D eigenvalue weighted by Crippen LogP contribution is 2.14. The smallest absolute Gasteiger partial charge is 0.0435 e. The number of nitrogen functional groups attached to an aromatic ring is 1. The highest BCUT2D eigenvalue weighted by molar-refractivity contribution is 9.09. The predicted octanol–water partition coefficient (Wildman–Crippen LogP) is 2.77. The summed E-state index contributed by atoms with van der Waals surface area (Å²) in [6, 6.07) is 3.75. The lowest BCUT2D eigenvalue weighted by Crippen LogP contribution is -2.04. The van der Waals surface area contributed by atoms with Gasteiger partial charge in [0.05, 0.1) is 0 Å². The van der Waals surface area contributed by atoms with E-state index in [-0.39, 0.29) is 0 Å². The fraction of sp³-hybridized carbons (Fsp3) is 0.500. The quantitative estimate of drug-likeness (QED) is 0.826. The Morgan fingerprint density at radius 1 is 1.62 bits per heavy atom. The molecule has 1 atom stereocenters. The largest absolute Gasteiger partial charge is 0.399 e. The lowest BCUT2D eigenvalue weighted by Gasteiger charge is -2.07. The molecule has 0 aliphatic carbocycles. The normalized spacial score (nSPS) is 12.8. The summed E-state index contributed by atoms with van der Waals surface area (Å²) in [7, 11) is 0. The van der Waals surface area contributed by atoms with Crippen molar-refractivity contribution < 1.29 is 0 Å². The Morgan fingerprint density at radius 2 is 2.38 bits per heavy atom. The third-order valence-corrected chi connectivity index (χ3v) is 2.65. The van der Waals surface area contributed by atoms with Crippen LogP contribution in [0.15, 0.2) is 18.3 Å². The molecule has 1 rings (SSSR count). The lowest BCUT2D eigenvalue weighted by atomic mass is 10.1. The molecule has 0 fully saturated rings. The average molecular weight is 243 g/mol. The Bertz CT molecular complexity index is 263. The molecule has 0 spiro atoms. The minimum Gasteiger partial charge on any atom is -0.399 e. The van der Waals surface area contributed by atoms with Crippen LogP contribution in [0, 0.1) is 0 Å². The number of anilines is 1. The van der Waals surface area contributed by atoms with Crippen molar-refractivity contribution in [1.82, 2.24) is 4.98 Å². The average Bonchev–Trinajstić information content (AvgIpc) is 2.04. The second-order valence-electron chi connectivity index (χ2n) is 3.17. The molecule has 0 aromatic carbocycles. The molecule has 72 valence electrons. The zero-order valence-electron chi connectivity index (χ0n) is 7.83. The topological polar surface area (TPSA) is 38.9 Å². The molecule has 1 aromatic rings. The lowest BCUT2D eigenvalue weighted by molar-refractivity contribution is 0.734. The van der Waals surface area contributed by atoms with E-state index in [1.807, 2.05) is 12.1 Å². The third-order valence-electron chi connectivity index (χ3n) is 1.87. The molecule has 0 saturated heterocycles. The van der Waals surface area contributed by atoms with E-state index < -0.39 is 0 Å². The Hall–Kier alpha value is -0.570. The molecule has 2 nitrogen and oxygen atoms in total. The molecule has 1 heterocycles. The van der Waals surface area contributed by atoms with E-state index >= 15 is 0 Å². The molecule has 0 saturated carbocycles. The molecule has 2 N–H and O–H groups in total. The fourth-order valence-corrected chi connectivity index (χ4v) is 2.04. The number of nitrogens with zero attached hydrogens (tertiary/aromatic N) is 1.